The first-order valence-corrected chi connectivity index (χ1v) is 6.75. The van der Waals surface area contributed by atoms with E-state index < -0.39 is 0 Å². The molecule has 0 aromatic carbocycles. The number of pyridine rings is 1. The Labute approximate surface area is 112 Å². The first kappa shape index (κ1) is 12.1. The van der Waals surface area contributed by atoms with Gasteiger partial charge in [0.1, 0.15) is 5.69 Å². The number of carbonyl (C=O) groups excluding carboxylic acids is 2. The van der Waals surface area contributed by atoms with Crippen LogP contribution in [0, 0.1) is 5.92 Å². The average molecular weight is 259 g/mol. The van der Waals surface area contributed by atoms with Gasteiger partial charge in [-0.3, -0.25) is 14.6 Å². The van der Waals surface area contributed by atoms with Crippen molar-refractivity contribution in [3.63, 3.8) is 0 Å². The van der Waals surface area contributed by atoms with E-state index in [2.05, 4.69) is 4.98 Å². The molecule has 0 unspecified atom stereocenters. The van der Waals surface area contributed by atoms with Gasteiger partial charge in [-0.1, -0.05) is 6.07 Å². The molecule has 2 amide bonds. The molecule has 1 saturated heterocycles. The number of hydrogen-bond donors (Lipinski definition) is 0. The van der Waals surface area contributed by atoms with E-state index in [-0.39, 0.29) is 17.7 Å². The highest BCUT2D eigenvalue weighted by molar-refractivity contribution is 5.92. The van der Waals surface area contributed by atoms with Gasteiger partial charge < -0.3 is 9.80 Å². The molecule has 0 bridgehead atoms. The summed E-state index contributed by atoms with van der Waals surface area (Å²) in [5.41, 5.74) is 0.476. The van der Waals surface area contributed by atoms with Crippen LogP contribution in [0.1, 0.15) is 23.3 Å². The number of hydrogen-bond acceptors (Lipinski definition) is 3. The number of aromatic nitrogens is 1. The monoisotopic (exact) mass is 259 g/mol. The minimum absolute atomic E-state index is 0.0425. The molecule has 5 nitrogen and oxygen atoms in total. The molecule has 1 aromatic heterocycles. The molecule has 100 valence electrons. The third-order valence-electron chi connectivity index (χ3n) is 3.69. The quantitative estimate of drug-likeness (QED) is 0.788. The molecule has 1 aliphatic heterocycles. The van der Waals surface area contributed by atoms with Gasteiger partial charge in [0.2, 0.25) is 5.91 Å². The Morgan fingerprint density at radius 2 is 1.74 bits per heavy atom. The third kappa shape index (κ3) is 2.59. The van der Waals surface area contributed by atoms with Crippen LogP contribution in [0.2, 0.25) is 0 Å². The Hall–Kier alpha value is -1.91. The van der Waals surface area contributed by atoms with E-state index in [4.69, 9.17) is 0 Å². The van der Waals surface area contributed by atoms with Gasteiger partial charge in [0, 0.05) is 38.3 Å². The summed E-state index contributed by atoms with van der Waals surface area (Å²) in [5, 5.41) is 0. The standard InChI is InChI=1S/C14H17N3O2/c18-13(11-4-5-11)16-7-9-17(10-8-16)14(19)12-3-1-2-6-15-12/h1-3,6,11H,4-5,7-10H2. The summed E-state index contributed by atoms with van der Waals surface area (Å²) in [7, 11) is 0. The second kappa shape index (κ2) is 4.99. The minimum Gasteiger partial charge on any atom is -0.339 e. The van der Waals surface area contributed by atoms with Crippen molar-refractivity contribution in [2.24, 2.45) is 5.92 Å². The van der Waals surface area contributed by atoms with Crippen molar-refractivity contribution in [3.8, 4) is 0 Å². The Kier molecular flexibility index (Phi) is 3.19. The van der Waals surface area contributed by atoms with Crippen LogP contribution < -0.4 is 0 Å². The zero-order chi connectivity index (χ0) is 13.2. The van der Waals surface area contributed by atoms with Crippen LogP contribution in [0.4, 0.5) is 0 Å². The summed E-state index contributed by atoms with van der Waals surface area (Å²) in [6.45, 7) is 2.50. The molecule has 1 saturated carbocycles. The van der Waals surface area contributed by atoms with Crippen molar-refractivity contribution in [2.75, 3.05) is 26.2 Å². The number of piperazine rings is 1. The van der Waals surface area contributed by atoms with Gasteiger partial charge in [0.15, 0.2) is 0 Å². The highest BCUT2D eigenvalue weighted by Crippen LogP contribution is 2.31. The second-order valence-corrected chi connectivity index (χ2v) is 5.11. The lowest BCUT2D eigenvalue weighted by atomic mass is 10.2. The number of nitrogens with zero attached hydrogens (tertiary/aromatic N) is 3. The van der Waals surface area contributed by atoms with E-state index >= 15 is 0 Å². The molecule has 1 aromatic rings. The maximum Gasteiger partial charge on any atom is 0.272 e. The number of rotatable bonds is 2. The van der Waals surface area contributed by atoms with Gasteiger partial charge in [0.05, 0.1) is 0 Å². The maximum atomic E-state index is 12.2. The van der Waals surface area contributed by atoms with Gasteiger partial charge in [-0.2, -0.15) is 0 Å². The molecule has 1 aliphatic carbocycles. The lowest BCUT2D eigenvalue weighted by Crippen LogP contribution is -2.51. The molecule has 2 fully saturated rings. The van der Waals surface area contributed by atoms with Crippen molar-refractivity contribution in [3.05, 3.63) is 30.1 Å². The van der Waals surface area contributed by atoms with Crippen LogP contribution in [0.15, 0.2) is 24.4 Å². The highest BCUT2D eigenvalue weighted by atomic mass is 16.2. The van der Waals surface area contributed by atoms with E-state index in [1.807, 2.05) is 11.0 Å². The number of carbonyl (C=O) groups is 2. The van der Waals surface area contributed by atoms with Crippen molar-refractivity contribution >= 4 is 11.8 Å². The predicted octanol–water partition coefficient (Wildman–Crippen LogP) is 0.776. The summed E-state index contributed by atoms with van der Waals surface area (Å²) in [4.78, 5) is 31.8. The van der Waals surface area contributed by atoms with Crippen LogP contribution in [0.3, 0.4) is 0 Å². The first-order chi connectivity index (χ1) is 9.25. The molecule has 2 aliphatic rings. The van der Waals surface area contributed by atoms with E-state index in [0.29, 0.717) is 31.9 Å². The SMILES string of the molecule is O=C(c1ccccn1)N1CCN(C(=O)C2CC2)CC1. The summed E-state index contributed by atoms with van der Waals surface area (Å²) in [5.74, 6) is 0.488. The summed E-state index contributed by atoms with van der Waals surface area (Å²) in [6, 6.07) is 5.33. The molecule has 0 radical (unpaired) electrons. The molecule has 3 rings (SSSR count). The Morgan fingerprint density at radius 3 is 2.32 bits per heavy atom. The Morgan fingerprint density at radius 1 is 1.05 bits per heavy atom. The van der Waals surface area contributed by atoms with Crippen LogP contribution in [0.5, 0.6) is 0 Å². The van der Waals surface area contributed by atoms with Crippen molar-refractivity contribution < 1.29 is 9.59 Å². The van der Waals surface area contributed by atoms with E-state index in [9.17, 15) is 9.59 Å². The molecule has 0 N–H and O–H groups in total. The fourth-order valence-corrected chi connectivity index (χ4v) is 2.37. The van der Waals surface area contributed by atoms with Crippen molar-refractivity contribution in [1.82, 2.24) is 14.8 Å². The molecule has 2 heterocycles. The van der Waals surface area contributed by atoms with Crippen LogP contribution >= 0.6 is 0 Å². The maximum absolute atomic E-state index is 12.2. The zero-order valence-corrected chi connectivity index (χ0v) is 10.8. The molecule has 5 heteroatoms. The second-order valence-electron chi connectivity index (χ2n) is 5.11. The third-order valence-corrected chi connectivity index (χ3v) is 3.69. The van der Waals surface area contributed by atoms with Crippen LogP contribution in [0.25, 0.3) is 0 Å². The average Bonchev–Trinajstić information content (AvgIpc) is 3.31. The molecular weight excluding hydrogens is 242 g/mol. The smallest absolute Gasteiger partial charge is 0.272 e. The van der Waals surface area contributed by atoms with Gasteiger partial charge in [0.25, 0.3) is 5.91 Å². The first-order valence-electron chi connectivity index (χ1n) is 6.75. The molecule has 19 heavy (non-hydrogen) atoms. The zero-order valence-electron chi connectivity index (χ0n) is 10.8. The summed E-state index contributed by atoms with van der Waals surface area (Å²) >= 11 is 0. The topological polar surface area (TPSA) is 53.5 Å². The van der Waals surface area contributed by atoms with Crippen molar-refractivity contribution in [2.45, 2.75) is 12.8 Å². The minimum atomic E-state index is -0.0425. The lowest BCUT2D eigenvalue weighted by Gasteiger charge is -2.34. The van der Waals surface area contributed by atoms with Gasteiger partial charge in [-0.15, -0.1) is 0 Å². The Bertz CT molecular complexity index is 477. The van der Waals surface area contributed by atoms with Gasteiger partial charge in [-0.25, -0.2) is 0 Å². The van der Waals surface area contributed by atoms with Gasteiger partial charge in [-0.05, 0) is 25.0 Å². The molecular formula is C14H17N3O2. The fraction of sp³-hybridized carbons (Fsp3) is 0.500. The largest absolute Gasteiger partial charge is 0.339 e. The van der Waals surface area contributed by atoms with E-state index in [1.54, 1.807) is 23.2 Å². The molecule has 0 spiro atoms. The predicted molar refractivity (Wildman–Crippen MR) is 69.4 cm³/mol. The van der Waals surface area contributed by atoms with Crippen LogP contribution in [-0.2, 0) is 4.79 Å². The summed E-state index contributed by atoms with van der Waals surface area (Å²) in [6.07, 6.45) is 3.69. The lowest BCUT2D eigenvalue weighted by molar-refractivity contribution is -0.134. The Balaban J connectivity index is 1.58. The number of amides is 2. The van der Waals surface area contributed by atoms with Crippen LogP contribution in [-0.4, -0.2) is 52.8 Å². The van der Waals surface area contributed by atoms with E-state index in [0.717, 1.165) is 12.8 Å². The fourth-order valence-electron chi connectivity index (χ4n) is 2.37. The van der Waals surface area contributed by atoms with Crippen molar-refractivity contribution in [1.29, 1.82) is 0 Å². The normalized spacial score (nSPS) is 19.4. The summed E-state index contributed by atoms with van der Waals surface area (Å²) < 4.78 is 0. The highest BCUT2D eigenvalue weighted by Gasteiger charge is 2.35. The molecule has 0 atom stereocenters. The van der Waals surface area contributed by atoms with E-state index in [1.165, 1.54) is 0 Å². The van der Waals surface area contributed by atoms with Gasteiger partial charge >= 0.3 is 0 Å².